The molecule has 0 radical (unpaired) electrons. The quantitative estimate of drug-likeness (QED) is 0.275. The second-order valence-electron chi connectivity index (χ2n) is 8.40. The average Bonchev–Trinajstić information content (AvgIpc) is 3.39. The number of aliphatic imine (C=N–C) groups is 1. The fourth-order valence-electron chi connectivity index (χ4n) is 3.77. The van der Waals surface area contributed by atoms with Gasteiger partial charge in [0.25, 0.3) is 0 Å². The van der Waals surface area contributed by atoms with Crippen molar-refractivity contribution >= 4 is 11.9 Å². The molecule has 188 valence electrons. The highest BCUT2D eigenvalue weighted by Crippen LogP contribution is 2.31. The minimum Gasteiger partial charge on any atom is -0.493 e. The number of anilines is 1. The number of nitrogens with one attached hydrogen (secondary N) is 2. The van der Waals surface area contributed by atoms with Crippen molar-refractivity contribution in [3.63, 3.8) is 0 Å². The number of hydrogen-bond acceptors (Lipinski definition) is 7. The van der Waals surface area contributed by atoms with Crippen molar-refractivity contribution in [1.29, 1.82) is 0 Å². The molecule has 1 aliphatic rings. The highest BCUT2D eigenvalue weighted by atomic mass is 16.5. The Morgan fingerprint density at radius 2 is 1.86 bits per heavy atom. The van der Waals surface area contributed by atoms with Gasteiger partial charge in [0, 0.05) is 36.8 Å². The summed E-state index contributed by atoms with van der Waals surface area (Å²) in [6.07, 6.45) is 7.23. The first kappa shape index (κ1) is 26.2. The summed E-state index contributed by atoms with van der Waals surface area (Å²) in [7, 11) is 1.65. The molecule has 1 heterocycles. The van der Waals surface area contributed by atoms with E-state index in [9.17, 15) is 0 Å². The lowest BCUT2D eigenvalue weighted by atomic mass is 10.2. The highest BCUT2D eigenvalue weighted by Gasteiger charge is 2.11. The molecular weight excluding hydrogens is 440 g/mol. The minimum absolute atomic E-state index is 0.534. The molecule has 1 aliphatic heterocycles. The van der Waals surface area contributed by atoms with Crippen molar-refractivity contribution in [2.75, 3.05) is 51.8 Å². The second-order valence-corrected chi connectivity index (χ2v) is 8.40. The number of hydrogen-bond donors (Lipinski definition) is 2. The molecule has 0 aromatic heterocycles. The van der Waals surface area contributed by atoms with Gasteiger partial charge in [-0.1, -0.05) is 24.8 Å². The summed E-state index contributed by atoms with van der Waals surface area (Å²) < 4.78 is 17.1. The Labute approximate surface area is 209 Å². The lowest BCUT2D eigenvalue weighted by molar-refractivity contribution is 0.254. The number of benzene rings is 2. The first-order valence-electron chi connectivity index (χ1n) is 12.3. The topological polar surface area (TPSA) is 67.4 Å². The molecule has 2 aromatic carbocycles. The Bertz CT molecular complexity index is 969. The molecule has 1 saturated heterocycles. The Morgan fingerprint density at radius 3 is 2.63 bits per heavy atom. The van der Waals surface area contributed by atoms with Crippen molar-refractivity contribution in [1.82, 2.24) is 10.2 Å². The summed E-state index contributed by atoms with van der Waals surface area (Å²) >= 11 is 0. The largest absolute Gasteiger partial charge is 0.493 e. The van der Waals surface area contributed by atoms with Gasteiger partial charge in [-0.15, -0.1) is 0 Å². The lowest BCUT2D eigenvalue weighted by Gasteiger charge is -2.16. The maximum absolute atomic E-state index is 6.01. The molecule has 35 heavy (non-hydrogen) atoms. The summed E-state index contributed by atoms with van der Waals surface area (Å²) in [4.78, 5) is 6.86. The van der Waals surface area contributed by atoms with Gasteiger partial charge in [-0.2, -0.15) is 0 Å². The third-order valence-corrected chi connectivity index (χ3v) is 5.60. The molecule has 3 rings (SSSR count). The van der Waals surface area contributed by atoms with Gasteiger partial charge in [0.1, 0.15) is 18.2 Å². The Kier molecular flexibility index (Phi) is 11.0. The number of likely N-dealkylation sites (tertiary alicyclic amines) is 1. The summed E-state index contributed by atoms with van der Waals surface area (Å²) in [5.74, 6) is 2.83. The van der Waals surface area contributed by atoms with E-state index < -0.39 is 0 Å². The van der Waals surface area contributed by atoms with Crippen molar-refractivity contribution in [3.8, 4) is 17.2 Å². The molecule has 0 atom stereocenters. The van der Waals surface area contributed by atoms with Gasteiger partial charge in [-0.3, -0.25) is 0 Å². The maximum atomic E-state index is 6.01. The van der Waals surface area contributed by atoms with E-state index in [2.05, 4.69) is 27.1 Å². The third-order valence-electron chi connectivity index (χ3n) is 5.60. The molecule has 0 saturated carbocycles. The fourth-order valence-corrected chi connectivity index (χ4v) is 3.77. The van der Waals surface area contributed by atoms with Gasteiger partial charge < -0.3 is 29.7 Å². The molecular formula is C28H38N4O3. The van der Waals surface area contributed by atoms with E-state index in [1.807, 2.05) is 61.5 Å². The summed E-state index contributed by atoms with van der Waals surface area (Å²) in [5, 5.41) is 6.51. The van der Waals surface area contributed by atoms with E-state index in [1.54, 1.807) is 13.3 Å². The van der Waals surface area contributed by atoms with E-state index in [0.717, 1.165) is 30.1 Å². The van der Waals surface area contributed by atoms with E-state index >= 15 is 0 Å². The fraction of sp³-hybridized carbons (Fsp3) is 0.393. The molecule has 7 nitrogen and oxygen atoms in total. The molecule has 2 N–H and O–H groups in total. The molecule has 0 unspecified atom stereocenters. The SMILES string of the molecule is C=C(N=C/C=C(\C)NCCOc1ccccc1)Nc1ccc(OC)c(OCCCN2CCCC2)c1. The van der Waals surface area contributed by atoms with Crippen molar-refractivity contribution in [2.45, 2.75) is 26.2 Å². The number of para-hydroxylation sites is 1. The number of rotatable bonds is 15. The van der Waals surface area contributed by atoms with Crippen LogP contribution in [-0.2, 0) is 0 Å². The highest BCUT2D eigenvalue weighted by molar-refractivity contribution is 5.73. The number of allylic oxidation sites excluding steroid dienone is 2. The number of methoxy groups -OCH3 is 1. The smallest absolute Gasteiger partial charge is 0.163 e. The van der Waals surface area contributed by atoms with Gasteiger partial charge in [0.15, 0.2) is 11.5 Å². The van der Waals surface area contributed by atoms with E-state index in [0.29, 0.717) is 37.1 Å². The van der Waals surface area contributed by atoms with Crippen LogP contribution in [0.15, 0.2) is 77.7 Å². The van der Waals surface area contributed by atoms with Crippen LogP contribution in [0.2, 0.25) is 0 Å². The minimum atomic E-state index is 0.534. The van der Waals surface area contributed by atoms with Crippen LogP contribution in [0.1, 0.15) is 26.2 Å². The number of ether oxygens (including phenoxy) is 3. The third kappa shape index (κ3) is 9.74. The second kappa shape index (κ2) is 14.7. The van der Waals surface area contributed by atoms with Crippen LogP contribution < -0.4 is 24.8 Å². The van der Waals surface area contributed by atoms with E-state index in [4.69, 9.17) is 14.2 Å². The first-order valence-corrected chi connectivity index (χ1v) is 12.3. The molecule has 7 heteroatoms. The molecule has 0 spiro atoms. The molecule has 0 bridgehead atoms. The standard InChI is InChI=1S/C28H38N4O3/c1-23(29-16-21-34-26-10-5-4-6-11-26)14-15-30-24(2)31-25-12-13-27(33-3)28(22-25)35-20-9-19-32-17-7-8-18-32/h4-6,10-15,22,29,31H,2,7-9,16-21H2,1,3H3/b23-14+,30-15?. The van der Waals surface area contributed by atoms with Crippen molar-refractivity contribution in [2.24, 2.45) is 4.99 Å². The summed E-state index contributed by atoms with van der Waals surface area (Å²) in [6.45, 7) is 11.4. The normalized spacial score (nSPS) is 14.2. The summed E-state index contributed by atoms with van der Waals surface area (Å²) in [5.41, 5.74) is 1.84. The van der Waals surface area contributed by atoms with Crippen LogP contribution in [0.5, 0.6) is 17.2 Å². The van der Waals surface area contributed by atoms with Gasteiger partial charge in [-0.05, 0) is 69.6 Å². The Hall–Kier alpha value is -3.45. The van der Waals surface area contributed by atoms with E-state index in [1.165, 1.54) is 25.9 Å². The summed E-state index contributed by atoms with van der Waals surface area (Å²) in [6, 6.07) is 15.5. The van der Waals surface area contributed by atoms with Crippen molar-refractivity contribution in [3.05, 3.63) is 72.7 Å². The first-order chi connectivity index (χ1) is 17.1. The van der Waals surface area contributed by atoms with Gasteiger partial charge in [0.2, 0.25) is 0 Å². The van der Waals surface area contributed by atoms with Crippen LogP contribution in [0.25, 0.3) is 0 Å². The molecule has 1 fully saturated rings. The molecule has 0 aliphatic carbocycles. The van der Waals surface area contributed by atoms with Gasteiger partial charge in [-0.25, -0.2) is 4.99 Å². The van der Waals surface area contributed by atoms with Gasteiger partial charge >= 0.3 is 0 Å². The monoisotopic (exact) mass is 478 g/mol. The van der Waals surface area contributed by atoms with Crippen LogP contribution in [0.4, 0.5) is 5.69 Å². The predicted molar refractivity (Wildman–Crippen MR) is 144 cm³/mol. The Morgan fingerprint density at radius 1 is 1.06 bits per heavy atom. The van der Waals surface area contributed by atoms with Crippen LogP contribution >= 0.6 is 0 Å². The zero-order valence-corrected chi connectivity index (χ0v) is 21.0. The van der Waals surface area contributed by atoms with E-state index in [-0.39, 0.29) is 0 Å². The lowest BCUT2D eigenvalue weighted by Crippen LogP contribution is -2.21. The van der Waals surface area contributed by atoms with Crippen LogP contribution in [0, 0.1) is 0 Å². The van der Waals surface area contributed by atoms with Gasteiger partial charge in [0.05, 0.1) is 13.7 Å². The predicted octanol–water partition coefficient (Wildman–Crippen LogP) is 5.09. The average molecular weight is 479 g/mol. The Balaban J connectivity index is 1.39. The zero-order chi connectivity index (χ0) is 24.7. The van der Waals surface area contributed by atoms with Crippen LogP contribution in [-0.4, -0.2) is 57.6 Å². The maximum Gasteiger partial charge on any atom is 0.163 e. The zero-order valence-electron chi connectivity index (χ0n) is 21.0. The van der Waals surface area contributed by atoms with Crippen LogP contribution in [0.3, 0.4) is 0 Å². The van der Waals surface area contributed by atoms with Crippen molar-refractivity contribution < 1.29 is 14.2 Å². The molecule has 0 amide bonds. The molecule has 2 aromatic rings. The number of nitrogens with zero attached hydrogens (tertiary/aromatic N) is 2.